The third-order valence-corrected chi connectivity index (χ3v) is 5.87. The van der Waals surface area contributed by atoms with E-state index in [0.717, 1.165) is 0 Å². The second-order valence-corrected chi connectivity index (χ2v) is 8.10. The predicted molar refractivity (Wildman–Crippen MR) is 109 cm³/mol. The topological polar surface area (TPSA) is 94.3 Å². The van der Waals surface area contributed by atoms with Gasteiger partial charge in [-0.2, -0.15) is 0 Å². The zero-order chi connectivity index (χ0) is 21.9. The second kappa shape index (κ2) is 7.38. The summed E-state index contributed by atoms with van der Waals surface area (Å²) in [5.41, 5.74) is 0.938. The number of aliphatic hydroxyl groups excluding tert-OH is 1. The molecule has 0 spiro atoms. The van der Waals surface area contributed by atoms with E-state index in [0.29, 0.717) is 36.7 Å². The van der Waals surface area contributed by atoms with Crippen molar-refractivity contribution in [2.45, 2.75) is 45.4 Å². The number of aromatic nitrogens is 4. The Morgan fingerprint density at radius 2 is 2.00 bits per heavy atom. The summed E-state index contributed by atoms with van der Waals surface area (Å²) in [7, 11) is 0. The molecule has 0 bridgehead atoms. The molecular formula is C21H23F2N5O3. The lowest BCUT2D eigenvalue weighted by Crippen LogP contribution is -2.42. The van der Waals surface area contributed by atoms with Crippen LogP contribution in [-0.2, 0) is 4.74 Å². The summed E-state index contributed by atoms with van der Waals surface area (Å²) >= 11 is 0. The first-order valence-electron chi connectivity index (χ1n) is 10.3. The number of hydrogen-bond donors (Lipinski definition) is 2. The molecule has 3 aromatic rings. The van der Waals surface area contributed by atoms with Gasteiger partial charge in [0.25, 0.3) is 0 Å². The van der Waals surface area contributed by atoms with Crippen molar-refractivity contribution >= 4 is 17.0 Å². The Morgan fingerprint density at radius 1 is 1.19 bits per heavy atom. The summed E-state index contributed by atoms with van der Waals surface area (Å²) in [5.74, 6) is -0.0553. The van der Waals surface area contributed by atoms with Gasteiger partial charge in [-0.05, 0) is 33.3 Å². The summed E-state index contributed by atoms with van der Waals surface area (Å²) in [4.78, 5) is 12.9. The van der Waals surface area contributed by atoms with Crippen molar-refractivity contribution in [3.63, 3.8) is 0 Å². The Labute approximate surface area is 177 Å². The quantitative estimate of drug-likeness (QED) is 0.659. The minimum absolute atomic E-state index is 0.0311. The van der Waals surface area contributed by atoms with E-state index in [9.17, 15) is 9.50 Å². The Hall–Kier alpha value is -2.85. The van der Waals surface area contributed by atoms with Crippen LogP contribution in [0.3, 0.4) is 0 Å². The van der Waals surface area contributed by atoms with Crippen LogP contribution in [0.5, 0.6) is 5.75 Å². The van der Waals surface area contributed by atoms with Crippen LogP contribution in [0.15, 0.2) is 6.07 Å². The number of hydrogen-bond acceptors (Lipinski definition) is 7. The fourth-order valence-corrected chi connectivity index (χ4v) is 4.32. The molecule has 5 rings (SSSR count). The Balaban J connectivity index is 1.66. The van der Waals surface area contributed by atoms with Crippen molar-refractivity contribution in [2.24, 2.45) is 0 Å². The summed E-state index contributed by atoms with van der Waals surface area (Å²) in [6.45, 7) is 6.32. The first-order chi connectivity index (χ1) is 14.8. The van der Waals surface area contributed by atoms with Crippen LogP contribution in [0.25, 0.3) is 22.3 Å². The molecule has 2 aromatic heterocycles. The first-order valence-corrected chi connectivity index (χ1v) is 10.3. The number of imidazole rings is 1. The molecule has 3 unspecified atom stereocenters. The van der Waals surface area contributed by atoms with Gasteiger partial charge in [-0.15, -0.1) is 0 Å². The molecule has 1 saturated heterocycles. The van der Waals surface area contributed by atoms with Crippen LogP contribution in [-0.4, -0.2) is 56.6 Å². The van der Waals surface area contributed by atoms with Gasteiger partial charge in [0.1, 0.15) is 29.2 Å². The van der Waals surface area contributed by atoms with Crippen LogP contribution in [0, 0.1) is 25.5 Å². The molecule has 2 aliphatic rings. The number of aliphatic hydroxyl groups is 1. The molecule has 1 fully saturated rings. The smallest absolute Gasteiger partial charge is 0.223 e. The van der Waals surface area contributed by atoms with E-state index in [1.54, 1.807) is 6.92 Å². The standard InChI is InChI=1S/C21H23F2N5O3/c1-9-7-31-20-12(6-13(22)18-19(20)28(9)11(3)25-18)17-16(23)10(2)24-21(27-17)26-14-4-5-30-8-15(14)29/h6,9,14-15,29H,4-5,7-8H2,1-3H3,(H,24,26,27). The molecule has 0 aliphatic carbocycles. The fourth-order valence-electron chi connectivity index (χ4n) is 4.32. The van der Waals surface area contributed by atoms with Crippen molar-refractivity contribution in [3.05, 3.63) is 29.2 Å². The third-order valence-electron chi connectivity index (χ3n) is 5.87. The van der Waals surface area contributed by atoms with Crippen molar-refractivity contribution in [1.82, 2.24) is 19.5 Å². The Kier molecular flexibility index (Phi) is 4.78. The number of benzene rings is 1. The molecule has 0 saturated carbocycles. The fraction of sp³-hybridized carbons (Fsp3) is 0.476. The lowest BCUT2D eigenvalue weighted by molar-refractivity contribution is -0.0136. The van der Waals surface area contributed by atoms with Gasteiger partial charge in [0.05, 0.1) is 36.1 Å². The highest BCUT2D eigenvalue weighted by Crippen LogP contribution is 2.43. The van der Waals surface area contributed by atoms with E-state index in [1.165, 1.54) is 13.0 Å². The number of halogens is 2. The average Bonchev–Trinajstić information content (AvgIpc) is 3.09. The van der Waals surface area contributed by atoms with Crippen LogP contribution in [0.2, 0.25) is 0 Å². The average molecular weight is 431 g/mol. The van der Waals surface area contributed by atoms with Crippen molar-refractivity contribution < 1.29 is 23.4 Å². The highest BCUT2D eigenvalue weighted by molar-refractivity contribution is 5.92. The van der Waals surface area contributed by atoms with E-state index in [4.69, 9.17) is 9.47 Å². The lowest BCUT2D eigenvalue weighted by Gasteiger charge is -2.28. The minimum atomic E-state index is -0.733. The maximum atomic E-state index is 15.1. The van der Waals surface area contributed by atoms with Gasteiger partial charge in [-0.3, -0.25) is 0 Å². The van der Waals surface area contributed by atoms with Crippen molar-refractivity contribution in [3.8, 4) is 17.0 Å². The molecule has 0 radical (unpaired) electrons. The molecule has 31 heavy (non-hydrogen) atoms. The van der Waals surface area contributed by atoms with E-state index in [1.807, 2.05) is 11.5 Å². The highest BCUT2D eigenvalue weighted by atomic mass is 19.1. The number of nitrogens with one attached hydrogen (secondary N) is 1. The van der Waals surface area contributed by atoms with Gasteiger partial charge in [0.2, 0.25) is 5.95 Å². The van der Waals surface area contributed by atoms with E-state index in [2.05, 4.69) is 20.3 Å². The van der Waals surface area contributed by atoms with Gasteiger partial charge in [-0.25, -0.2) is 23.7 Å². The summed E-state index contributed by atoms with van der Waals surface area (Å²) in [6.07, 6.45) is -0.176. The normalized spacial score (nSPS) is 23.1. The molecule has 8 nitrogen and oxygen atoms in total. The van der Waals surface area contributed by atoms with Gasteiger partial charge < -0.3 is 24.5 Å². The lowest BCUT2D eigenvalue weighted by atomic mass is 10.1. The molecule has 3 atom stereocenters. The third kappa shape index (κ3) is 3.21. The summed E-state index contributed by atoms with van der Waals surface area (Å²) in [5, 5.41) is 13.2. The monoisotopic (exact) mass is 431 g/mol. The molecule has 2 aliphatic heterocycles. The van der Waals surface area contributed by atoms with Gasteiger partial charge >= 0.3 is 0 Å². The number of aryl methyl sites for hydroxylation is 2. The van der Waals surface area contributed by atoms with Gasteiger partial charge in [0, 0.05) is 6.61 Å². The van der Waals surface area contributed by atoms with Crippen LogP contribution >= 0.6 is 0 Å². The first kappa shape index (κ1) is 20.1. The van der Waals surface area contributed by atoms with E-state index >= 15 is 4.39 Å². The number of rotatable bonds is 3. The Morgan fingerprint density at radius 3 is 2.77 bits per heavy atom. The number of ether oxygens (including phenoxy) is 2. The van der Waals surface area contributed by atoms with E-state index < -0.39 is 17.7 Å². The van der Waals surface area contributed by atoms with Gasteiger partial charge in [-0.1, -0.05) is 0 Å². The maximum Gasteiger partial charge on any atom is 0.223 e. The molecule has 4 heterocycles. The number of anilines is 1. The zero-order valence-electron chi connectivity index (χ0n) is 17.4. The zero-order valence-corrected chi connectivity index (χ0v) is 17.4. The minimum Gasteiger partial charge on any atom is -0.488 e. The maximum absolute atomic E-state index is 15.1. The second-order valence-electron chi connectivity index (χ2n) is 8.10. The summed E-state index contributed by atoms with van der Waals surface area (Å²) in [6, 6.07) is 0.851. The highest BCUT2D eigenvalue weighted by Gasteiger charge is 2.30. The van der Waals surface area contributed by atoms with Crippen molar-refractivity contribution in [2.75, 3.05) is 25.1 Å². The van der Waals surface area contributed by atoms with Crippen LogP contribution < -0.4 is 10.1 Å². The molecule has 164 valence electrons. The summed E-state index contributed by atoms with van der Waals surface area (Å²) < 4.78 is 43.2. The SMILES string of the molecule is Cc1nc(NC2CCOCC2O)nc(-c2cc(F)c3nc(C)n4c3c2OCC4C)c1F. The van der Waals surface area contributed by atoms with Crippen LogP contribution in [0.4, 0.5) is 14.7 Å². The van der Waals surface area contributed by atoms with Crippen molar-refractivity contribution in [1.29, 1.82) is 0 Å². The Bertz CT molecular complexity index is 1180. The van der Waals surface area contributed by atoms with Gasteiger partial charge in [0.15, 0.2) is 17.4 Å². The number of nitrogens with zero attached hydrogens (tertiary/aromatic N) is 4. The molecule has 10 heteroatoms. The largest absolute Gasteiger partial charge is 0.488 e. The van der Waals surface area contributed by atoms with Crippen LogP contribution in [0.1, 0.15) is 30.9 Å². The molecular weight excluding hydrogens is 408 g/mol. The predicted octanol–water partition coefficient (Wildman–Crippen LogP) is 2.90. The molecule has 1 aromatic carbocycles. The molecule has 0 amide bonds. The molecule has 2 N–H and O–H groups in total. The van der Waals surface area contributed by atoms with E-state index in [-0.39, 0.29) is 47.1 Å².